The van der Waals surface area contributed by atoms with E-state index in [1.807, 2.05) is 13.0 Å². The fourth-order valence-corrected chi connectivity index (χ4v) is 1.65. The van der Waals surface area contributed by atoms with Crippen LogP contribution < -0.4 is 10.6 Å². The molecule has 18 heavy (non-hydrogen) atoms. The third kappa shape index (κ3) is 4.02. The number of amides is 1. The summed E-state index contributed by atoms with van der Waals surface area (Å²) in [5, 5.41) is 6.16. The van der Waals surface area contributed by atoms with Gasteiger partial charge in [-0.2, -0.15) is 0 Å². The van der Waals surface area contributed by atoms with Gasteiger partial charge in [0.2, 0.25) is 0 Å². The fraction of sp³-hybridized carbons (Fsp3) is 0.571. The number of pyridine rings is 1. The molecule has 2 atom stereocenters. The Kier molecular flexibility index (Phi) is 5.62. The minimum absolute atomic E-state index is 0.127. The molecule has 100 valence electrons. The quantitative estimate of drug-likeness (QED) is 0.815. The Hall–Kier alpha value is -1.58. The zero-order valence-electron chi connectivity index (χ0n) is 11.7. The monoisotopic (exact) mass is 249 g/mol. The van der Waals surface area contributed by atoms with Crippen molar-refractivity contribution in [2.75, 3.05) is 11.9 Å². The summed E-state index contributed by atoms with van der Waals surface area (Å²) in [5.74, 6) is 0.462. The molecule has 0 aliphatic carbocycles. The second kappa shape index (κ2) is 6.99. The molecule has 2 unspecified atom stereocenters. The standard InChI is InChI=1S/C14H23N3O/c1-5-10(3)11(4)17-12-7-8-16-13(9-12)14(18)15-6-2/h7-11H,5-6H2,1-4H3,(H,15,18)(H,16,17). The second-order valence-corrected chi connectivity index (χ2v) is 4.61. The van der Waals surface area contributed by atoms with Gasteiger partial charge in [0.15, 0.2) is 0 Å². The number of hydrogen-bond acceptors (Lipinski definition) is 3. The van der Waals surface area contributed by atoms with Crippen LogP contribution in [0.2, 0.25) is 0 Å². The number of hydrogen-bond donors (Lipinski definition) is 2. The molecule has 0 aromatic carbocycles. The molecule has 0 spiro atoms. The molecule has 1 rings (SSSR count). The molecular formula is C14H23N3O. The first kappa shape index (κ1) is 14.5. The van der Waals surface area contributed by atoms with Crippen LogP contribution in [0.5, 0.6) is 0 Å². The van der Waals surface area contributed by atoms with Gasteiger partial charge in [0.05, 0.1) is 0 Å². The summed E-state index contributed by atoms with van der Waals surface area (Å²) in [5.41, 5.74) is 1.40. The van der Waals surface area contributed by atoms with E-state index in [9.17, 15) is 4.79 Å². The molecule has 0 saturated carbocycles. The third-order valence-corrected chi connectivity index (χ3v) is 3.22. The number of nitrogens with zero attached hydrogens (tertiary/aromatic N) is 1. The van der Waals surface area contributed by atoms with Crippen LogP contribution in [0, 0.1) is 5.92 Å². The first-order valence-electron chi connectivity index (χ1n) is 6.59. The van der Waals surface area contributed by atoms with Crippen molar-refractivity contribution in [3.63, 3.8) is 0 Å². The largest absolute Gasteiger partial charge is 0.382 e. The van der Waals surface area contributed by atoms with Crippen LogP contribution in [0.15, 0.2) is 18.3 Å². The summed E-state index contributed by atoms with van der Waals surface area (Å²) < 4.78 is 0. The van der Waals surface area contributed by atoms with Gasteiger partial charge in [-0.05, 0) is 31.9 Å². The average molecular weight is 249 g/mol. The van der Waals surface area contributed by atoms with Crippen molar-refractivity contribution in [1.29, 1.82) is 0 Å². The van der Waals surface area contributed by atoms with E-state index < -0.39 is 0 Å². The molecular weight excluding hydrogens is 226 g/mol. The summed E-state index contributed by atoms with van der Waals surface area (Å²) in [4.78, 5) is 15.7. The van der Waals surface area contributed by atoms with Crippen molar-refractivity contribution in [2.45, 2.75) is 40.2 Å². The van der Waals surface area contributed by atoms with Crippen LogP contribution in [-0.2, 0) is 0 Å². The highest BCUT2D eigenvalue weighted by atomic mass is 16.1. The highest BCUT2D eigenvalue weighted by molar-refractivity contribution is 5.93. The molecule has 4 heteroatoms. The maximum Gasteiger partial charge on any atom is 0.269 e. The minimum Gasteiger partial charge on any atom is -0.382 e. The number of carbonyl (C=O) groups excluding carboxylic acids is 1. The van der Waals surface area contributed by atoms with E-state index in [1.54, 1.807) is 12.3 Å². The van der Waals surface area contributed by atoms with Crippen molar-refractivity contribution in [3.8, 4) is 0 Å². The SMILES string of the molecule is CCNC(=O)c1cc(NC(C)C(C)CC)ccn1. The lowest BCUT2D eigenvalue weighted by Gasteiger charge is -2.21. The Morgan fingerprint density at radius 3 is 2.72 bits per heavy atom. The van der Waals surface area contributed by atoms with E-state index in [1.165, 1.54) is 0 Å². The molecule has 2 N–H and O–H groups in total. The first-order valence-corrected chi connectivity index (χ1v) is 6.59. The van der Waals surface area contributed by atoms with Gasteiger partial charge in [-0.1, -0.05) is 20.3 Å². The lowest BCUT2D eigenvalue weighted by molar-refractivity contribution is 0.0951. The molecule has 0 bridgehead atoms. The van der Waals surface area contributed by atoms with Crippen LogP contribution in [0.25, 0.3) is 0 Å². The van der Waals surface area contributed by atoms with E-state index in [4.69, 9.17) is 0 Å². The summed E-state index contributed by atoms with van der Waals surface area (Å²) in [7, 11) is 0. The summed E-state index contributed by atoms with van der Waals surface area (Å²) in [6.07, 6.45) is 2.79. The fourth-order valence-electron chi connectivity index (χ4n) is 1.65. The number of aromatic nitrogens is 1. The minimum atomic E-state index is -0.127. The summed E-state index contributed by atoms with van der Waals surface area (Å²) in [6.45, 7) is 9.05. The molecule has 1 aromatic rings. The number of carbonyl (C=O) groups is 1. The van der Waals surface area contributed by atoms with Gasteiger partial charge in [-0.3, -0.25) is 9.78 Å². The van der Waals surface area contributed by atoms with E-state index in [-0.39, 0.29) is 5.91 Å². The van der Waals surface area contributed by atoms with Crippen molar-refractivity contribution in [3.05, 3.63) is 24.0 Å². The molecule has 0 fully saturated rings. The van der Waals surface area contributed by atoms with Crippen molar-refractivity contribution < 1.29 is 4.79 Å². The van der Waals surface area contributed by atoms with Gasteiger partial charge in [-0.15, -0.1) is 0 Å². The Labute approximate surface area is 109 Å². The van der Waals surface area contributed by atoms with Crippen LogP contribution in [0.1, 0.15) is 44.6 Å². The van der Waals surface area contributed by atoms with Crippen LogP contribution in [0.3, 0.4) is 0 Å². The zero-order valence-corrected chi connectivity index (χ0v) is 11.7. The maximum atomic E-state index is 11.7. The predicted octanol–water partition coefficient (Wildman–Crippen LogP) is 2.68. The van der Waals surface area contributed by atoms with Gasteiger partial charge in [0.25, 0.3) is 5.91 Å². The maximum absolute atomic E-state index is 11.7. The van der Waals surface area contributed by atoms with Crippen molar-refractivity contribution >= 4 is 11.6 Å². The highest BCUT2D eigenvalue weighted by Crippen LogP contribution is 2.15. The Bertz CT molecular complexity index is 392. The van der Waals surface area contributed by atoms with Crippen molar-refractivity contribution in [2.24, 2.45) is 5.92 Å². The molecule has 0 aliphatic heterocycles. The van der Waals surface area contributed by atoms with E-state index in [0.29, 0.717) is 24.2 Å². The topological polar surface area (TPSA) is 54.0 Å². The van der Waals surface area contributed by atoms with Gasteiger partial charge in [0.1, 0.15) is 5.69 Å². The number of nitrogens with one attached hydrogen (secondary N) is 2. The van der Waals surface area contributed by atoms with Crippen LogP contribution >= 0.6 is 0 Å². The number of rotatable bonds is 6. The van der Waals surface area contributed by atoms with Gasteiger partial charge >= 0.3 is 0 Å². The van der Waals surface area contributed by atoms with E-state index in [0.717, 1.165) is 12.1 Å². The summed E-state index contributed by atoms with van der Waals surface area (Å²) >= 11 is 0. The highest BCUT2D eigenvalue weighted by Gasteiger charge is 2.11. The number of anilines is 1. The molecule has 0 saturated heterocycles. The average Bonchev–Trinajstić information content (AvgIpc) is 2.38. The normalized spacial score (nSPS) is 13.8. The molecule has 1 heterocycles. The first-order chi connectivity index (χ1) is 8.58. The van der Waals surface area contributed by atoms with E-state index >= 15 is 0 Å². The molecule has 4 nitrogen and oxygen atoms in total. The van der Waals surface area contributed by atoms with Crippen LogP contribution in [-0.4, -0.2) is 23.5 Å². The Morgan fingerprint density at radius 1 is 1.39 bits per heavy atom. The van der Waals surface area contributed by atoms with Gasteiger partial charge in [0, 0.05) is 24.5 Å². The predicted molar refractivity (Wildman–Crippen MR) is 74.8 cm³/mol. The molecule has 0 radical (unpaired) electrons. The zero-order chi connectivity index (χ0) is 13.5. The lowest BCUT2D eigenvalue weighted by atomic mass is 10.0. The van der Waals surface area contributed by atoms with Crippen molar-refractivity contribution in [1.82, 2.24) is 10.3 Å². The molecule has 1 aromatic heterocycles. The lowest BCUT2D eigenvalue weighted by Crippen LogP contribution is -2.25. The Balaban J connectivity index is 2.73. The third-order valence-electron chi connectivity index (χ3n) is 3.22. The second-order valence-electron chi connectivity index (χ2n) is 4.61. The van der Waals surface area contributed by atoms with E-state index in [2.05, 4.69) is 36.4 Å². The van der Waals surface area contributed by atoms with Crippen LogP contribution in [0.4, 0.5) is 5.69 Å². The smallest absolute Gasteiger partial charge is 0.269 e. The Morgan fingerprint density at radius 2 is 2.11 bits per heavy atom. The molecule has 0 aliphatic rings. The van der Waals surface area contributed by atoms with Gasteiger partial charge in [-0.25, -0.2) is 0 Å². The summed E-state index contributed by atoms with van der Waals surface area (Å²) in [6, 6.07) is 4.06. The molecule has 1 amide bonds. The van der Waals surface area contributed by atoms with Gasteiger partial charge < -0.3 is 10.6 Å².